The molecule has 9 heteroatoms. The van der Waals surface area contributed by atoms with Crippen molar-refractivity contribution >= 4 is 27.3 Å². The average molecular weight is 388 g/mol. The van der Waals surface area contributed by atoms with Gasteiger partial charge >= 0.3 is 0 Å². The maximum Gasteiger partial charge on any atom is 0.252 e. The number of nitrogens with zero attached hydrogens (tertiary/aromatic N) is 3. The van der Waals surface area contributed by atoms with Crippen LogP contribution in [0.2, 0.25) is 0 Å². The molecule has 0 spiro atoms. The van der Waals surface area contributed by atoms with Gasteiger partial charge in [-0.25, -0.2) is 8.42 Å². The number of aryl methyl sites for hydroxylation is 1. The van der Waals surface area contributed by atoms with Crippen molar-refractivity contribution < 1.29 is 17.9 Å². The smallest absolute Gasteiger partial charge is 0.252 e. The number of piperazine rings is 1. The van der Waals surface area contributed by atoms with Crippen LogP contribution in [0.25, 0.3) is 0 Å². The van der Waals surface area contributed by atoms with Crippen molar-refractivity contribution in [3.05, 3.63) is 17.0 Å². The molecule has 0 N–H and O–H groups in total. The van der Waals surface area contributed by atoms with Gasteiger partial charge in [0.15, 0.2) is 0 Å². The average Bonchev–Trinajstić information content (AvgIpc) is 3.08. The van der Waals surface area contributed by atoms with Gasteiger partial charge in [-0.1, -0.05) is 0 Å². The molecule has 0 radical (unpaired) electrons. The normalized spacial score (nSPS) is 22.1. The Balaban J connectivity index is 1.58. The molecular weight excluding hydrogens is 362 g/mol. The van der Waals surface area contributed by atoms with Crippen LogP contribution in [0.15, 0.2) is 16.3 Å². The van der Waals surface area contributed by atoms with Gasteiger partial charge in [0.1, 0.15) is 4.21 Å². The van der Waals surface area contributed by atoms with Gasteiger partial charge in [-0.15, -0.1) is 11.3 Å². The Morgan fingerprint density at radius 1 is 1.12 bits per heavy atom. The molecule has 25 heavy (non-hydrogen) atoms. The zero-order valence-electron chi connectivity index (χ0n) is 14.7. The summed E-state index contributed by atoms with van der Waals surface area (Å²) >= 11 is 1.30. The Labute approximate surface area is 153 Å². The Bertz CT molecular complexity index is 705. The topological polar surface area (TPSA) is 70.2 Å². The van der Waals surface area contributed by atoms with Gasteiger partial charge in [-0.05, 0) is 26.0 Å². The first-order chi connectivity index (χ1) is 11.9. The first-order valence-corrected chi connectivity index (χ1v) is 10.8. The molecule has 0 bridgehead atoms. The van der Waals surface area contributed by atoms with Crippen LogP contribution < -0.4 is 0 Å². The number of morpholine rings is 1. The molecule has 2 aliphatic rings. The quantitative estimate of drug-likeness (QED) is 0.757. The molecular formula is C16H25N3O4S2. The lowest BCUT2D eigenvalue weighted by Gasteiger charge is -2.38. The van der Waals surface area contributed by atoms with Crippen molar-refractivity contribution in [2.45, 2.75) is 24.1 Å². The predicted molar refractivity (Wildman–Crippen MR) is 96.2 cm³/mol. The van der Waals surface area contributed by atoms with E-state index in [0.29, 0.717) is 56.7 Å². The van der Waals surface area contributed by atoms with Gasteiger partial charge in [0.2, 0.25) is 5.91 Å². The first kappa shape index (κ1) is 18.8. The molecule has 3 rings (SSSR count). The van der Waals surface area contributed by atoms with E-state index in [1.807, 2.05) is 24.8 Å². The van der Waals surface area contributed by atoms with E-state index in [2.05, 4.69) is 4.90 Å². The van der Waals surface area contributed by atoms with Crippen LogP contribution in [0.1, 0.15) is 11.8 Å². The number of carbonyl (C=O) groups is 1. The molecule has 1 amide bonds. The highest BCUT2D eigenvalue weighted by Gasteiger charge is 2.33. The number of thiophene rings is 1. The predicted octanol–water partition coefficient (Wildman–Crippen LogP) is 0.610. The van der Waals surface area contributed by atoms with Crippen LogP contribution >= 0.6 is 11.3 Å². The fourth-order valence-corrected chi connectivity index (χ4v) is 6.07. The molecule has 1 unspecified atom stereocenters. The summed E-state index contributed by atoms with van der Waals surface area (Å²) in [6, 6.07) is 3.27. The lowest BCUT2D eigenvalue weighted by molar-refractivity contribution is -0.140. The fourth-order valence-electron chi connectivity index (χ4n) is 3.21. The lowest BCUT2D eigenvalue weighted by atomic mass is 10.2. The van der Waals surface area contributed by atoms with Crippen molar-refractivity contribution in [2.75, 3.05) is 52.5 Å². The van der Waals surface area contributed by atoms with Crippen LogP contribution in [-0.2, 0) is 19.6 Å². The number of carbonyl (C=O) groups excluding carboxylic acids is 1. The monoisotopic (exact) mass is 387 g/mol. The Hall–Kier alpha value is -1.00. The van der Waals surface area contributed by atoms with Crippen molar-refractivity contribution in [1.29, 1.82) is 0 Å². The van der Waals surface area contributed by atoms with Crippen molar-refractivity contribution in [2.24, 2.45) is 0 Å². The summed E-state index contributed by atoms with van der Waals surface area (Å²) in [5.74, 6) is 0.105. The van der Waals surface area contributed by atoms with Gasteiger partial charge < -0.3 is 9.64 Å². The second kappa shape index (κ2) is 7.71. The maximum atomic E-state index is 12.7. The zero-order chi connectivity index (χ0) is 18.0. The van der Waals surface area contributed by atoms with E-state index in [1.165, 1.54) is 15.6 Å². The number of ether oxygens (including phenoxy) is 1. The Morgan fingerprint density at radius 2 is 1.76 bits per heavy atom. The van der Waals surface area contributed by atoms with Crippen molar-refractivity contribution in [1.82, 2.24) is 14.1 Å². The number of amides is 1. The molecule has 7 nitrogen and oxygen atoms in total. The first-order valence-electron chi connectivity index (χ1n) is 8.57. The van der Waals surface area contributed by atoms with Crippen LogP contribution in [0.4, 0.5) is 0 Å². The molecule has 1 aromatic rings. The summed E-state index contributed by atoms with van der Waals surface area (Å²) in [4.78, 5) is 17.5. The van der Waals surface area contributed by atoms with Gasteiger partial charge in [0, 0.05) is 44.1 Å². The summed E-state index contributed by atoms with van der Waals surface area (Å²) in [6.07, 6.45) is 0. The van der Waals surface area contributed by atoms with E-state index in [-0.39, 0.29) is 11.9 Å². The third kappa shape index (κ3) is 4.06. The van der Waals surface area contributed by atoms with E-state index in [4.69, 9.17) is 4.74 Å². The molecule has 0 aromatic carbocycles. The van der Waals surface area contributed by atoms with Crippen LogP contribution in [-0.4, -0.2) is 87.0 Å². The highest BCUT2D eigenvalue weighted by molar-refractivity contribution is 7.91. The van der Waals surface area contributed by atoms with E-state index >= 15 is 0 Å². The lowest BCUT2D eigenvalue weighted by Crippen LogP contribution is -2.56. The molecule has 1 atom stereocenters. The third-order valence-corrected chi connectivity index (χ3v) is 8.18. The van der Waals surface area contributed by atoms with Crippen LogP contribution in [0.3, 0.4) is 0 Å². The maximum absolute atomic E-state index is 12.7. The fraction of sp³-hybridized carbons (Fsp3) is 0.688. The van der Waals surface area contributed by atoms with E-state index in [1.54, 1.807) is 6.07 Å². The number of rotatable bonds is 4. The summed E-state index contributed by atoms with van der Waals surface area (Å²) in [7, 11) is -3.42. The van der Waals surface area contributed by atoms with E-state index in [9.17, 15) is 13.2 Å². The van der Waals surface area contributed by atoms with Crippen LogP contribution in [0.5, 0.6) is 0 Å². The highest BCUT2D eigenvalue weighted by Crippen LogP contribution is 2.25. The summed E-state index contributed by atoms with van der Waals surface area (Å²) < 4.78 is 32.6. The second-order valence-electron chi connectivity index (χ2n) is 6.42. The number of hydrogen-bond donors (Lipinski definition) is 0. The highest BCUT2D eigenvalue weighted by atomic mass is 32.2. The number of sulfonamides is 1. The molecule has 0 aliphatic carbocycles. The van der Waals surface area contributed by atoms with E-state index in [0.717, 1.165) is 4.88 Å². The minimum absolute atomic E-state index is 0.105. The summed E-state index contributed by atoms with van der Waals surface area (Å²) in [5.41, 5.74) is 0. The van der Waals surface area contributed by atoms with Gasteiger partial charge in [-0.3, -0.25) is 9.69 Å². The van der Waals surface area contributed by atoms with E-state index < -0.39 is 10.0 Å². The standard InChI is InChI=1S/C16H25N3O4S2/c1-13-3-4-15(24-13)25(21,22)19-7-5-17(6-8-19)14(2)16(20)18-9-11-23-12-10-18/h3-4,14H,5-12H2,1-2H3. The minimum atomic E-state index is -3.42. The van der Waals surface area contributed by atoms with Gasteiger partial charge in [0.25, 0.3) is 10.0 Å². The SMILES string of the molecule is Cc1ccc(S(=O)(=O)N2CCN(C(C)C(=O)N3CCOCC3)CC2)s1. The molecule has 140 valence electrons. The minimum Gasteiger partial charge on any atom is -0.378 e. The summed E-state index contributed by atoms with van der Waals surface area (Å²) in [6.45, 7) is 8.23. The Kier molecular flexibility index (Phi) is 5.79. The van der Waals surface area contributed by atoms with Gasteiger partial charge in [0.05, 0.1) is 19.3 Å². The molecule has 2 aliphatic heterocycles. The zero-order valence-corrected chi connectivity index (χ0v) is 16.3. The molecule has 0 saturated carbocycles. The summed E-state index contributed by atoms with van der Waals surface area (Å²) in [5, 5.41) is 0. The van der Waals surface area contributed by atoms with Crippen molar-refractivity contribution in [3.8, 4) is 0 Å². The molecule has 2 fully saturated rings. The number of hydrogen-bond acceptors (Lipinski definition) is 6. The van der Waals surface area contributed by atoms with Crippen molar-refractivity contribution in [3.63, 3.8) is 0 Å². The van der Waals surface area contributed by atoms with Gasteiger partial charge in [-0.2, -0.15) is 4.31 Å². The molecule has 1 aromatic heterocycles. The largest absolute Gasteiger partial charge is 0.378 e. The molecule has 3 heterocycles. The van der Waals surface area contributed by atoms with Crippen LogP contribution in [0, 0.1) is 6.92 Å². The third-order valence-electron chi connectivity index (χ3n) is 4.81. The second-order valence-corrected chi connectivity index (χ2v) is 9.87. The Morgan fingerprint density at radius 3 is 2.32 bits per heavy atom. The molecule has 2 saturated heterocycles.